The van der Waals surface area contributed by atoms with Crippen LogP contribution in [0.3, 0.4) is 0 Å². The number of hydrogen-bond acceptors (Lipinski definition) is 6. The largest absolute Gasteiger partial charge is 0.481 e. The van der Waals surface area contributed by atoms with Gasteiger partial charge in [-0.1, -0.05) is 61.0 Å². The molecular weight excluding hydrogens is 548 g/mol. The lowest BCUT2D eigenvalue weighted by Crippen LogP contribution is -2.33. The van der Waals surface area contributed by atoms with Crippen molar-refractivity contribution in [1.82, 2.24) is 19.3 Å². The molecule has 3 aromatic carbocycles. The normalized spacial score (nSPS) is 18.8. The van der Waals surface area contributed by atoms with Crippen molar-refractivity contribution in [3.05, 3.63) is 88.0 Å². The summed E-state index contributed by atoms with van der Waals surface area (Å²) >= 11 is 0. The molecule has 0 spiro atoms. The third-order valence-corrected chi connectivity index (χ3v) is 11.1. The molecule has 3 N–H and O–H groups in total. The Morgan fingerprint density at radius 2 is 1.83 bits per heavy atom. The summed E-state index contributed by atoms with van der Waals surface area (Å²) in [5.74, 6) is -1.08. The molecule has 9 heteroatoms. The first-order chi connectivity index (χ1) is 19.9. The number of carbonyl (C=O) groups is 1. The van der Waals surface area contributed by atoms with Crippen molar-refractivity contribution < 1.29 is 19.0 Å². The number of hydrogen-bond donors (Lipinski definition) is 3. The number of carboxylic acid groups (broad SMARTS) is 1. The number of carboxylic acids is 1. The first kappa shape index (κ1) is 30.2. The monoisotopic (exact) mass is 590 g/mol. The zero-order chi connectivity index (χ0) is 30.4. The average Bonchev–Trinajstić information content (AvgIpc) is 3.34. The van der Waals surface area contributed by atoms with Crippen LogP contribution in [-0.2, 0) is 24.3 Å². The summed E-state index contributed by atoms with van der Waals surface area (Å²) in [4.78, 5) is 13.3. The van der Waals surface area contributed by atoms with Gasteiger partial charge in [0.15, 0.2) is 0 Å². The topological polar surface area (TPSA) is 112 Å². The maximum Gasteiger partial charge on any atom is 0.310 e. The van der Waals surface area contributed by atoms with Gasteiger partial charge in [0, 0.05) is 25.6 Å². The minimum Gasteiger partial charge on any atom is -0.481 e. The molecule has 0 radical (unpaired) electrons. The van der Waals surface area contributed by atoms with Crippen LogP contribution < -0.4 is 0 Å². The lowest BCUT2D eigenvalue weighted by atomic mass is 9.69. The zero-order valence-corrected chi connectivity index (χ0v) is 26.1. The summed E-state index contributed by atoms with van der Waals surface area (Å²) in [5, 5.41) is 19.1. The van der Waals surface area contributed by atoms with Crippen molar-refractivity contribution in [2.75, 3.05) is 6.54 Å². The van der Waals surface area contributed by atoms with E-state index in [0.29, 0.717) is 24.5 Å². The van der Waals surface area contributed by atoms with Crippen LogP contribution in [-0.4, -0.2) is 46.0 Å². The fourth-order valence-electron chi connectivity index (χ4n) is 6.34. The number of rotatable bonds is 8. The molecule has 2 atom stereocenters. The molecule has 1 aliphatic heterocycles. The molecule has 224 valence electrons. The Bertz CT molecular complexity index is 1630. The Labute approximate surface area is 249 Å². The Hall–Kier alpha value is -3.24. The summed E-state index contributed by atoms with van der Waals surface area (Å²) in [7, 11) is -3.21. The minimum atomic E-state index is -3.21. The van der Waals surface area contributed by atoms with Crippen molar-refractivity contribution >= 4 is 27.8 Å². The fourth-order valence-corrected chi connectivity index (χ4v) is 8.12. The highest BCUT2D eigenvalue weighted by atomic mass is 32.3. The van der Waals surface area contributed by atoms with E-state index in [9.17, 15) is 19.0 Å². The lowest BCUT2D eigenvalue weighted by molar-refractivity contribution is -0.147. The number of aromatic nitrogens is 3. The van der Waals surface area contributed by atoms with E-state index >= 15 is 0 Å². The van der Waals surface area contributed by atoms with E-state index < -0.39 is 28.1 Å². The summed E-state index contributed by atoms with van der Waals surface area (Å²) in [5.41, 5.74) is 6.20. The van der Waals surface area contributed by atoms with E-state index in [-0.39, 0.29) is 5.92 Å². The van der Waals surface area contributed by atoms with E-state index in [2.05, 4.69) is 23.3 Å². The van der Waals surface area contributed by atoms with Crippen LogP contribution in [0, 0.1) is 25.2 Å². The van der Waals surface area contributed by atoms with Crippen molar-refractivity contribution in [1.29, 1.82) is 0 Å². The maximum atomic E-state index is 12.7. The number of benzene rings is 3. The SMILES string of the molecule is CCC1Cc2ccccc2S(O)(O)N(Cc2cc(C(c3ccc4c(nnn4CC)c3C)C(C)(C)C(=O)O)ccc2C)C1. The third kappa shape index (κ3) is 5.24. The zero-order valence-electron chi connectivity index (χ0n) is 25.3. The Morgan fingerprint density at radius 1 is 1.10 bits per heavy atom. The van der Waals surface area contributed by atoms with E-state index in [4.69, 9.17) is 0 Å². The molecule has 8 nitrogen and oxygen atoms in total. The maximum absolute atomic E-state index is 12.7. The second-order valence-electron chi connectivity index (χ2n) is 12.1. The van der Waals surface area contributed by atoms with E-state index in [0.717, 1.165) is 57.3 Å². The van der Waals surface area contributed by atoms with E-state index in [1.165, 1.54) is 0 Å². The van der Waals surface area contributed by atoms with E-state index in [1.54, 1.807) is 13.8 Å². The lowest BCUT2D eigenvalue weighted by Gasteiger charge is -2.43. The molecule has 0 saturated carbocycles. The Balaban J connectivity index is 1.61. The quantitative estimate of drug-likeness (QED) is 0.196. The van der Waals surface area contributed by atoms with Gasteiger partial charge in [-0.3, -0.25) is 13.9 Å². The van der Waals surface area contributed by atoms with Gasteiger partial charge in [0.05, 0.1) is 15.8 Å². The highest BCUT2D eigenvalue weighted by Gasteiger charge is 2.41. The van der Waals surface area contributed by atoms with Gasteiger partial charge >= 0.3 is 5.97 Å². The highest BCUT2D eigenvalue weighted by molar-refractivity contribution is 8.22. The van der Waals surface area contributed by atoms with Gasteiger partial charge in [-0.05, 0) is 92.5 Å². The molecule has 42 heavy (non-hydrogen) atoms. The van der Waals surface area contributed by atoms with E-state index in [1.807, 2.05) is 78.3 Å². The third-order valence-electron chi connectivity index (χ3n) is 9.09. The average molecular weight is 591 g/mol. The molecule has 2 unspecified atom stereocenters. The van der Waals surface area contributed by atoms with Crippen molar-refractivity contribution in [3.8, 4) is 0 Å². The Morgan fingerprint density at radius 3 is 2.52 bits per heavy atom. The predicted octanol–water partition coefficient (Wildman–Crippen LogP) is 7.42. The summed E-state index contributed by atoms with van der Waals surface area (Å²) in [6.07, 6.45) is 1.73. The number of fused-ring (bicyclic) bond motifs is 2. The molecule has 4 aromatic rings. The molecule has 2 heterocycles. The molecule has 0 bridgehead atoms. The van der Waals surface area contributed by atoms with Crippen LogP contribution in [0.5, 0.6) is 0 Å². The van der Waals surface area contributed by atoms with Gasteiger partial charge in [-0.25, -0.2) is 4.68 Å². The van der Waals surface area contributed by atoms with Gasteiger partial charge < -0.3 is 5.11 Å². The van der Waals surface area contributed by atoms with Gasteiger partial charge in [0.1, 0.15) is 5.52 Å². The van der Waals surface area contributed by atoms with Crippen LogP contribution in [0.1, 0.15) is 73.4 Å². The summed E-state index contributed by atoms with van der Waals surface area (Å²) in [6.45, 7) is 13.3. The van der Waals surface area contributed by atoms with Crippen molar-refractivity contribution in [3.63, 3.8) is 0 Å². The molecule has 0 fully saturated rings. The second kappa shape index (κ2) is 11.4. The van der Waals surface area contributed by atoms with Gasteiger partial charge in [-0.2, -0.15) is 4.31 Å². The van der Waals surface area contributed by atoms with Crippen LogP contribution in [0.25, 0.3) is 11.0 Å². The molecule has 1 aromatic heterocycles. The van der Waals surface area contributed by atoms with Crippen molar-refractivity contribution in [2.45, 2.75) is 78.3 Å². The second-order valence-corrected chi connectivity index (χ2v) is 14.1. The van der Waals surface area contributed by atoms with Crippen molar-refractivity contribution in [2.24, 2.45) is 11.3 Å². The summed E-state index contributed by atoms with van der Waals surface area (Å²) in [6, 6.07) is 17.7. The number of nitrogens with zero attached hydrogens (tertiary/aromatic N) is 4. The smallest absolute Gasteiger partial charge is 0.310 e. The minimum absolute atomic E-state index is 0.285. The summed E-state index contributed by atoms with van der Waals surface area (Å²) < 4.78 is 26.9. The van der Waals surface area contributed by atoms with Crippen LogP contribution in [0.4, 0.5) is 0 Å². The van der Waals surface area contributed by atoms with Gasteiger partial charge in [-0.15, -0.1) is 15.9 Å². The standard InChI is InChI=1S/C33H42N4O4S/c1-7-23-17-24-11-9-10-12-29(24)42(40,41)36(19-23)20-26-18-25(14-13-21(26)3)30(33(5,6)32(38)39)27-15-16-28-31(22(27)4)34-35-37(28)8-2/h9-16,18,23,30,40-41H,7-8,17,19-20H2,1-6H3,(H,38,39). The number of aryl methyl sites for hydroxylation is 3. The molecule has 0 aliphatic carbocycles. The van der Waals surface area contributed by atoms with Crippen LogP contribution >= 0.6 is 10.8 Å². The van der Waals surface area contributed by atoms with Crippen LogP contribution in [0.2, 0.25) is 0 Å². The fraction of sp³-hybridized carbons (Fsp3) is 0.424. The van der Waals surface area contributed by atoms with Crippen LogP contribution in [0.15, 0.2) is 59.5 Å². The molecular formula is C33H42N4O4S. The number of aliphatic carboxylic acids is 1. The molecule has 0 saturated heterocycles. The first-order valence-corrected chi connectivity index (χ1v) is 16.2. The van der Waals surface area contributed by atoms with Gasteiger partial charge in [0.2, 0.25) is 0 Å². The molecule has 1 aliphatic rings. The van der Waals surface area contributed by atoms with Gasteiger partial charge in [0.25, 0.3) is 0 Å². The molecule has 5 rings (SSSR count). The molecule has 0 amide bonds. The first-order valence-electron chi connectivity index (χ1n) is 14.7. The Kier molecular flexibility index (Phi) is 8.24. The highest BCUT2D eigenvalue weighted by Crippen LogP contribution is 2.56. The predicted molar refractivity (Wildman–Crippen MR) is 168 cm³/mol.